The van der Waals surface area contributed by atoms with E-state index < -0.39 is 5.97 Å². The third-order valence-electron chi connectivity index (χ3n) is 4.38. The van der Waals surface area contributed by atoms with Gasteiger partial charge < -0.3 is 10.1 Å². The quantitative estimate of drug-likeness (QED) is 0.258. The number of rotatable bonds is 6. The van der Waals surface area contributed by atoms with Crippen LogP contribution in [0, 0.1) is 20.8 Å². The van der Waals surface area contributed by atoms with E-state index in [1.807, 2.05) is 13.8 Å². The van der Waals surface area contributed by atoms with Crippen molar-refractivity contribution in [1.29, 1.82) is 0 Å². The number of nitrogens with one attached hydrogen (secondary N) is 1. The molecule has 3 aromatic rings. The smallest absolute Gasteiger partial charge is 0.341 e. The highest BCUT2D eigenvalue weighted by atomic mass is 32.2. The fraction of sp³-hybridized carbons (Fsp3) is 0.316. The number of nitrogens with zero attached hydrogens (tertiary/aromatic N) is 2. The molecule has 3 aromatic heterocycles. The van der Waals surface area contributed by atoms with Crippen molar-refractivity contribution in [2.45, 2.75) is 32.7 Å². The summed E-state index contributed by atoms with van der Waals surface area (Å²) in [6.45, 7) is 7.14. The Bertz CT molecular complexity index is 1130. The first kappa shape index (κ1) is 21.4. The van der Waals surface area contributed by atoms with Gasteiger partial charge in [-0.05, 0) is 38.8 Å². The molecule has 0 unspecified atom stereocenters. The van der Waals surface area contributed by atoms with Crippen LogP contribution < -0.4 is 5.32 Å². The Morgan fingerprint density at radius 2 is 1.86 bits per heavy atom. The van der Waals surface area contributed by atoms with E-state index in [9.17, 15) is 14.4 Å². The molecule has 29 heavy (non-hydrogen) atoms. The number of ketones is 1. The zero-order chi connectivity index (χ0) is 21.3. The van der Waals surface area contributed by atoms with E-state index in [0.717, 1.165) is 32.1 Å². The first-order chi connectivity index (χ1) is 13.7. The van der Waals surface area contributed by atoms with Gasteiger partial charge in [-0.25, -0.2) is 14.8 Å². The normalized spacial score (nSPS) is 10.9. The lowest BCUT2D eigenvalue weighted by Crippen LogP contribution is -2.16. The van der Waals surface area contributed by atoms with Gasteiger partial charge in [0.1, 0.15) is 21.2 Å². The molecule has 3 heterocycles. The minimum atomic E-state index is -0.587. The molecule has 1 amide bonds. The van der Waals surface area contributed by atoms with Crippen LogP contribution >= 0.6 is 34.4 Å². The van der Waals surface area contributed by atoms with Crippen molar-refractivity contribution >= 4 is 67.3 Å². The van der Waals surface area contributed by atoms with Gasteiger partial charge in [0, 0.05) is 10.3 Å². The SMILES string of the molecule is COC(=O)c1c(NC(=O)CSc2ncnc3sc(C)c(C)c23)sc(C(C)=O)c1C. The Balaban J connectivity index is 1.81. The van der Waals surface area contributed by atoms with Gasteiger partial charge in [0.05, 0.1) is 23.3 Å². The minimum absolute atomic E-state index is 0.105. The molecule has 0 aliphatic heterocycles. The largest absolute Gasteiger partial charge is 0.465 e. The number of hydrogen-bond acceptors (Lipinski definition) is 9. The van der Waals surface area contributed by atoms with E-state index >= 15 is 0 Å². The van der Waals surface area contributed by atoms with E-state index in [1.165, 1.54) is 37.0 Å². The second-order valence-corrected chi connectivity index (χ2v) is 9.48. The van der Waals surface area contributed by atoms with Crippen LogP contribution in [0.5, 0.6) is 0 Å². The number of aryl methyl sites for hydroxylation is 2. The number of thioether (sulfide) groups is 1. The zero-order valence-electron chi connectivity index (χ0n) is 16.5. The number of amides is 1. The number of methoxy groups -OCH3 is 1. The minimum Gasteiger partial charge on any atom is -0.465 e. The van der Waals surface area contributed by atoms with Crippen molar-refractivity contribution in [3.05, 3.63) is 32.8 Å². The summed E-state index contributed by atoms with van der Waals surface area (Å²) in [6.07, 6.45) is 1.50. The highest BCUT2D eigenvalue weighted by Crippen LogP contribution is 2.36. The van der Waals surface area contributed by atoms with Gasteiger partial charge in [-0.15, -0.1) is 22.7 Å². The van der Waals surface area contributed by atoms with Crippen molar-refractivity contribution in [2.75, 3.05) is 18.2 Å². The maximum absolute atomic E-state index is 12.6. The molecular weight excluding hydrogens is 430 g/mol. The summed E-state index contributed by atoms with van der Waals surface area (Å²) < 4.78 is 4.81. The molecule has 10 heteroatoms. The molecule has 0 saturated heterocycles. The lowest BCUT2D eigenvalue weighted by molar-refractivity contribution is -0.113. The molecule has 0 aliphatic rings. The highest BCUT2D eigenvalue weighted by Gasteiger charge is 2.25. The van der Waals surface area contributed by atoms with Crippen LogP contribution in [-0.4, -0.2) is 40.5 Å². The molecule has 0 saturated carbocycles. The number of fused-ring (bicyclic) bond motifs is 1. The van der Waals surface area contributed by atoms with Crippen LogP contribution in [0.1, 0.15) is 43.0 Å². The standard InChI is InChI=1S/C19H19N3O4S3/c1-8-11(4)28-17-13(8)16(20-7-21-17)27-6-12(24)22-18-14(19(25)26-5)9(2)15(29-18)10(3)23/h7H,6H2,1-5H3,(H,22,24). The van der Waals surface area contributed by atoms with Gasteiger partial charge in [0.15, 0.2) is 5.78 Å². The third kappa shape index (κ3) is 4.19. The molecule has 152 valence electrons. The fourth-order valence-electron chi connectivity index (χ4n) is 2.84. The Morgan fingerprint density at radius 1 is 1.14 bits per heavy atom. The Kier molecular flexibility index (Phi) is 6.35. The second kappa shape index (κ2) is 8.60. The Labute approximate surface area is 179 Å². The average molecular weight is 450 g/mol. The molecule has 3 rings (SSSR count). The maximum atomic E-state index is 12.6. The number of ether oxygens (including phenoxy) is 1. The maximum Gasteiger partial charge on any atom is 0.341 e. The van der Waals surface area contributed by atoms with Crippen molar-refractivity contribution in [3.63, 3.8) is 0 Å². The first-order valence-electron chi connectivity index (χ1n) is 8.60. The van der Waals surface area contributed by atoms with Crippen molar-refractivity contribution in [1.82, 2.24) is 9.97 Å². The molecule has 0 bridgehead atoms. The number of Topliss-reactive ketones (excluding diaryl/α,β-unsaturated/α-hetero) is 1. The summed E-state index contributed by atoms with van der Waals surface area (Å²) >= 11 is 3.99. The topological polar surface area (TPSA) is 98.2 Å². The van der Waals surface area contributed by atoms with Crippen molar-refractivity contribution in [3.8, 4) is 0 Å². The van der Waals surface area contributed by atoms with Crippen molar-refractivity contribution < 1.29 is 19.1 Å². The summed E-state index contributed by atoms with van der Waals surface area (Å²) in [4.78, 5) is 47.6. The molecular formula is C19H19N3O4S3. The monoisotopic (exact) mass is 449 g/mol. The second-order valence-electron chi connectivity index (χ2n) is 6.29. The molecule has 0 aliphatic carbocycles. The lowest BCUT2D eigenvalue weighted by Gasteiger charge is -2.06. The molecule has 0 spiro atoms. The number of carbonyl (C=O) groups is 3. The van der Waals surface area contributed by atoms with Crippen LogP contribution in [0.2, 0.25) is 0 Å². The summed E-state index contributed by atoms with van der Waals surface area (Å²) in [5.41, 5.74) is 1.84. The summed E-state index contributed by atoms with van der Waals surface area (Å²) in [5.74, 6) is -0.948. The number of esters is 1. The van der Waals surface area contributed by atoms with Crippen LogP contribution in [0.15, 0.2) is 11.4 Å². The van der Waals surface area contributed by atoms with Crippen LogP contribution in [0.25, 0.3) is 10.2 Å². The molecule has 0 atom stereocenters. The molecule has 7 nitrogen and oxygen atoms in total. The highest BCUT2D eigenvalue weighted by molar-refractivity contribution is 8.00. The number of hydrogen-bond donors (Lipinski definition) is 1. The Hall–Kier alpha value is -2.30. The van der Waals surface area contributed by atoms with Crippen LogP contribution in [0.3, 0.4) is 0 Å². The van der Waals surface area contributed by atoms with E-state index in [1.54, 1.807) is 18.3 Å². The van der Waals surface area contributed by atoms with Crippen LogP contribution in [-0.2, 0) is 9.53 Å². The van der Waals surface area contributed by atoms with E-state index in [4.69, 9.17) is 4.74 Å². The predicted octanol–water partition coefficient (Wildman–Crippen LogP) is 4.40. The summed E-state index contributed by atoms with van der Waals surface area (Å²) in [5, 5.41) is 4.77. The van der Waals surface area contributed by atoms with Gasteiger partial charge in [-0.1, -0.05) is 11.8 Å². The molecule has 0 fully saturated rings. The summed E-state index contributed by atoms with van der Waals surface area (Å²) in [7, 11) is 1.26. The van der Waals surface area contributed by atoms with Gasteiger partial charge >= 0.3 is 5.97 Å². The third-order valence-corrected chi connectivity index (χ3v) is 7.79. The zero-order valence-corrected chi connectivity index (χ0v) is 19.0. The molecule has 0 aromatic carbocycles. The fourth-order valence-corrected chi connectivity index (χ4v) is 5.86. The summed E-state index contributed by atoms with van der Waals surface area (Å²) in [6, 6.07) is 0. The number of carbonyl (C=O) groups excluding carboxylic acids is 3. The Morgan fingerprint density at radius 3 is 2.52 bits per heavy atom. The average Bonchev–Trinajstić information content (AvgIpc) is 3.16. The van der Waals surface area contributed by atoms with Crippen molar-refractivity contribution in [2.24, 2.45) is 0 Å². The predicted molar refractivity (Wildman–Crippen MR) is 117 cm³/mol. The molecule has 1 N–H and O–H groups in total. The van der Waals surface area contributed by atoms with Gasteiger partial charge in [-0.2, -0.15) is 0 Å². The van der Waals surface area contributed by atoms with Crippen LogP contribution in [0.4, 0.5) is 5.00 Å². The molecule has 0 radical (unpaired) electrons. The van der Waals surface area contributed by atoms with Gasteiger partial charge in [0.2, 0.25) is 5.91 Å². The number of thiophene rings is 2. The van der Waals surface area contributed by atoms with E-state index in [0.29, 0.717) is 15.4 Å². The number of aromatic nitrogens is 2. The van der Waals surface area contributed by atoms with E-state index in [-0.39, 0.29) is 23.0 Å². The number of anilines is 1. The first-order valence-corrected chi connectivity index (χ1v) is 11.2. The van der Waals surface area contributed by atoms with Gasteiger partial charge in [-0.3, -0.25) is 9.59 Å². The van der Waals surface area contributed by atoms with E-state index in [2.05, 4.69) is 15.3 Å². The van der Waals surface area contributed by atoms with Gasteiger partial charge in [0.25, 0.3) is 0 Å². The lowest BCUT2D eigenvalue weighted by atomic mass is 10.1.